The van der Waals surface area contributed by atoms with Crippen LogP contribution in [0, 0.1) is 0 Å². The lowest BCUT2D eigenvalue weighted by Crippen LogP contribution is -2.44. The molecule has 2 atom stereocenters. The van der Waals surface area contributed by atoms with Gasteiger partial charge in [0.05, 0.1) is 19.8 Å². The van der Waals surface area contributed by atoms with E-state index in [0.29, 0.717) is 11.8 Å². The number of benzene rings is 1. The fraction of sp³-hybridized carbons (Fsp3) is 0.429. The molecular weight excluding hydrogens is 344 g/mol. The number of morpholine rings is 1. The smallest absolute Gasteiger partial charge is 0.343 e. The van der Waals surface area contributed by atoms with E-state index in [1.165, 1.54) is 12.7 Å². The highest BCUT2D eigenvalue weighted by atomic mass is 16.6. The van der Waals surface area contributed by atoms with Gasteiger partial charge in [0.1, 0.15) is 5.75 Å². The molecule has 0 amide bonds. The molecule has 1 aliphatic rings. The van der Waals surface area contributed by atoms with Crippen molar-refractivity contribution < 1.29 is 19.0 Å². The summed E-state index contributed by atoms with van der Waals surface area (Å²) in [5, 5.41) is 0. The number of pyridine rings is 1. The van der Waals surface area contributed by atoms with Crippen molar-refractivity contribution in [2.45, 2.75) is 25.5 Å². The predicted octanol–water partition coefficient (Wildman–Crippen LogP) is 2.64. The van der Waals surface area contributed by atoms with Crippen molar-refractivity contribution in [3.63, 3.8) is 0 Å². The molecule has 0 radical (unpaired) electrons. The Morgan fingerprint density at radius 3 is 2.85 bits per heavy atom. The number of hydrogen-bond acceptors (Lipinski definition) is 6. The lowest BCUT2D eigenvalue weighted by molar-refractivity contribution is -0.142. The maximum absolute atomic E-state index is 11.1. The number of ether oxygens (including phenoxy) is 3. The summed E-state index contributed by atoms with van der Waals surface area (Å²) in [5.74, 6) is 0.281. The van der Waals surface area contributed by atoms with Crippen LogP contribution in [-0.4, -0.2) is 55.3 Å². The van der Waals surface area contributed by atoms with Crippen molar-refractivity contribution in [1.82, 2.24) is 9.88 Å². The zero-order valence-corrected chi connectivity index (χ0v) is 15.8. The summed E-state index contributed by atoms with van der Waals surface area (Å²) in [4.78, 5) is 17.8. The third-order valence-electron chi connectivity index (χ3n) is 4.82. The Hall–Kier alpha value is -2.44. The van der Waals surface area contributed by atoms with E-state index in [0.717, 1.165) is 31.7 Å². The normalized spacial score (nSPS) is 18.7. The second-order valence-corrected chi connectivity index (χ2v) is 6.70. The molecule has 0 N–H and O–H groups in total. The molecular formula is C21H26N2O4. The Bertz CT molecular complexity index is 721. The van der Waals surface area contributed by atoms with Crippen LogP contribution in [0.3, 0.4) is 0 Å². The van der Waals surface area contributed by atoms with Gasteiger partial charge in [0.15, 0.2) is 6.61 Å². The Labute approximate surface area is 160 Å². The Morgan fingerprint density at radius 2 is 2.15 bits per heavy atom. The minimum absolute atomic E-state index is 0.0731. The molecule has 1 saturated heterocycles. The number of methoxy groups -OCH3 is 1. The van der Waals surface area contributed by atoms with Crippen LogP contribution >= 0.6 is 0 Å². The molecule has 27 heavy (non-hydrogen) atoms. The van der Waals surface area contributed by atoms with Crippen LogP contribution in [0.25, 0.3) is 0 Å². The largest absolute Gasteiger partial charge is 0.482 e. The maximum Gasteiger partial charge on any atom is 0.343 e. The molecule has 0 spiro atoms. The first-order chi connectivity index (χ1) is 13.2. The van der Waals surface area contributed by atoms with Gasteiger partial charge < -0.3 is 14.2 Å². The van der Waals surface area contributed by atoms with Gasteiger partial charge in [-0.05, 0) is 37.1 Å². The second-order valence-electron chi connectivity index (χ2n) is 6.70. The van der Waals surface area contributed by atoms with E-state index in [1.807, 2.05) is 36.5 Å². The molecule has 6 heteroatoms. The summed E-state index contributed by atoms with van der Waals surface area (Å²) in [7, 11) is 1.35. The molecule has 1 aromatic heterocycles. The molecule has 1 aromatic carbocycles. The molecule has 2 heterocycles. The lowest BCUT2D eigenvalue weighted by Gasteiger charge is -2.37. The first-order valence-corrected chi connectivity index (χ1v) is 9.20. The van der Waals surface area contributed by atoms with Crippen molar-refractivity contribution in [3.05, 3.63) is 59.9 Å². The summed E-state index contributed by atoms with van der Waals surface area (Å²) in [6.45, 7) is 4.69. The van der Waals surface area contributed by atoms with E-state index in [4.69, 9.17) is 9.47 Å². The Kier molecular flexibility index (Phi) is 6.79. The van der Waals surface area contributed by atoms with Gasteiger partial charge in [0.2, 0.25) is 0 Å². The molecule has 2 unspecified atom stereocenters. The average molecular weight is 370 g/mol. The molecule has 3 rings (SSSR count). The molecule has 0 aliphatic carbocycles. The summed E-state index contributed by atoms with van der Waals surface area (Å²) < 4.78 is 15.9. The van der Waals surface area contributed by atoms with Crippen LogP contribution in [-0.2, 0) is 20.7 Å². The van der Waals surface area contributed by atoms with Crippen LogP contribution in [0.2, 0.25) is 0 Å². The third-order valence-corrected chi connectivity index (χ3v) is 4.82. The molecule has 2 aromatic rings. The zero-order chi connectivity index (χ0) is 19.1. The van der Waals surface area contributed by atoms with Crippen molar-refractivity contribution in [1.29, 1.82) is 0 Å². The number of carbonyl (C=O) groups is 1. The van der Waals surface area contributed by atoms with E-state index < -0.39 is 0 Å². The fourth-order valence-electron chi connectivity index (χ4n) is 3.23. The van der Waals surface area contributed by atoms with E-state index in [9.17, 15) is 4.79 Å². The van der Waals surface area contributed by atoms with Gasteiger partial charge in [-0.1, -0.05) is 18.2 Å². The number of aromatic nitrogens is 1. The topological polar surface area (TPSA) is 60.9 Å². The number of hydrogen-bond donors (Lipinski definition) is 0. The van der Waals surface area contributed by atoms with Crippen molar-refractivity contribution in [2.24, 2.45) is 0 Å². The summed E-state index contributed by atoms with van der Waals surface area (Å²) in [5.41, 5.74) is 2.36. The van der Waals surface area contributed by atoms with Crippen LogP contribution in [0.15, 0.2) is 48.8 Å². The molecule has 6 nitrogen and oxygen atoms in total. The first-order valence-electron chi connectivity index (χ1n) is 9.20. The van der Waals surface area contributed by atoms with Gasteiger partial charge in [-0.3, -0.25) is 9.88 Å². The van der Waals surface area contributed by atoms with Gasteiger partial charge in [-0.15, -0.1) is 0 Å². The van der Waals surface area contributed by atoms with Gasteiger partial charge in [0.25, 0.3) is 0 Å². The summed E-state index contributed by atoms with van der Waals surface area (Å²) >= 11 is 0. The lowest BCUT2D eigenvalue weighted by atomic mass is 10.0. The van der Waals surface area contributed by atoms with Crippen molar-refractivity contribution >= 4 is 5.97 Å². The summed E-state index contributed by atoms with van der Waals surface area (Å²) in [6.07, 6.45) is 4.68. The van der Waals surface area contributed by atoms with E-state index in [1.54, 1.807) is 6.20 Å². The molecule has 0 saturated carbocycles. The Balaban J connectivity index is 1.53. The first kappa shape index (κ1) is 19.3. The Morgan fingerprint density at radius 1 is 1.33 bits per heavy atom. The predicted molar refractivity (Wildman–Crippen MR) is 102 cm³/mol. The van der Waals surface area contributed by atoms with Crippen molar-refractivity contribution in [2.75, 3.05) is 33.4 Å². The van der Waals surface area contributed by atoms with Gasteiger partial charge in [0, 0.05) is 37.1 Å². The van der Waals surface area contributed by atoms with Gasteiger partial charge in [-0.25, -0.2) is 4.79 Å². The quantitative estimate of drug-likeness (QED) is 0.699. The number of esters is 1. The van der Waals surface area contributed by atoms with Crippen LogP contribution in [0.1, 0.15) is 24.2 Å². The number of rotatable bonds is 7. The van der Waals surface area contributed by atoms with E-state index in [-0.39, 0.29) is 18.7 Å². The summed E-state index contributed by atoms with van der Waals surface area (Å²) in [6, 6.07) is 12.3. The van der Waals surface area contributed by atoms with Crippen LogP contribution < -0.4 is 4.74 Å². The standard InChI is InChI=1S/C21H26N2O4/c1-16(12-17-5-7-19(8-6-17)27-15-21(24)25-2)23-10-11-26-20(14-23)18-4-3-9-22-13-18/h3-9,13,16,20H,10-12,14-15H2,1-2H3. The average Bonchev–Trinajstić information content (AvgIpc) is 2.73. The minimum atomic E-state index is -0.386. The highest BCUT2D eigenvalue weighted by Crippen LogP contribution is 2.24. The zero-order valence-electron chi connectivity index (χ0n) is 15.8. The monoisotopic (exact) mass is 370 g/mol. The van der Waals surface area contributed by atoms with Crippen LogP contribution in [0.4, 0.5) is 0 Å². The highest BCUT2D eigenvalue weighted by Gasteiger charge is 2.25. The van der Waals surface area contributed by atoms with Crippen LogP contribution in [0.5, 0.6) is 5.75 Å². The highest BCUT2D eigenvalue weighted by molar-refractivity contribution is 5.70. The minimum Gasteiger partial charge on any atom is -0.482 e. The SMILES string of the molecule is COC(=O)COc1ccc(CC(C)N2CCOC(c3cccnc3)C2)cc1. The van der Waals surface area contributed by atoms with Gasteiger partial charge in [-0.2, -0.15) is 0 Å². The maximum atomic E-state index is 11.1. The second kappa shape index (κ2) is 9.48. The molecule has 0 bridgehead atoms. The molecule has 1 fully saturated rings. The van der Waals surface area contributed by atoms with E-state index in [2.05, 4.69) is 27.6 Å². The van der Waals surface area contributed by atoms with Crippen molar-refractivity contribution in [3.8, 4) is 5.75 Å². The fourth-order valence-corrected chi connectivity index (χ4v) is 3.23. The van der Waals surface area contributed by atoms with E-state index >= 15 is 0 Å². The number of nitrogens with zero attached hydrogens (tertiary/aromatic N) is 2. The molecule has 144 valence electrons. The third kappa shape index (κ3) is 5.52. The molecule has 1 aliphatic heterocycles. The van der Waals surface area contributed by atoms with Gasteiger partial charge >= 0.3 is 5.97 Å². The number of carbonyl (C=O) groups excluding carboxylic acids is 1.